The number of nitrogens with one attached hydrogen (secondary N) is 3. The molecular weight excluding hydrogens is 648 g/mol. The van der Waals surface area contributed by atoms with Crippen molar-refractivity contribution in [2.45, 2.75) is 63.2 Å². The van der Waals surface area contributed by atoms with Crippen LogP contribution in [-0.4, -0.2) is 77.6 Å². The standard InChI is InChI=1S/C40H48N4O7/c45-33-16-14-31(32-15-17-36(47)42-38(32)33)34(46)25-41-20-7-2-1-3-8-23-50-39(48)30-13-9-12-29(24-30)37(28-10-5-4-6-11-28)43-40(49)51-35-26-44-21-18-27(35)19-22-44/h4-6,9-17,24,27,34-35,37,41,45-46H,1-3,7-8,18-23,25-26H2,(H,42,47)(H,43,49)/t34-,35+,37?/m1/s1. The molecule has 0 saturated carbocycles. The van der Waals surface area contributed by atoms with E-state index in [0.29, 0.717) is 41.1 Å². The van der Waals surface area contributed by atoms with E-state index >= 15 is 0 Å². The largest absolute Gasteiger partial charge is 0.506 e. The van der Waals surface area contributed by atoms with E-state index in [9.17, 15) is 24.6 Å². The van der Waals surface area contributed by atoms with Gasteiger partial charge in [0.15, 0.2) is 0 Å². The summed E-state index contributed by atoms with van der Waals surface area (Å²) in [5.74, 6) is -0.0171. The number of hydrogen-bond acceptors (Lipinski definition) is 9. The van der Waals surface area contributed by atoms with Gasteiger partial charge in [-0.15, -0.1) is 0 Å². The van der Waals surface area contributed by atoms with Crippen molar-refractivity contribution in [1.82, 2.24) is 20.5 Å². The number of esters is 1. The zero-order valence-corrected chi connectivity index (χ0v) is 28.9. The lowest BCUT2D eigenvalue weighted by atomic mass is 9.86. The highest BCUT2D eigenvalue weighted by atomic mass is 16.6. The molecule has 3 aliphatic rings. The number of hydrogen-bond donors (Lipinski definition) is 5. The number of phenols is 1. The normalized spacial score (nSPS) is 19.4. The van der Waals surface area contributed by atoms with Crippen LogP contribution < -0.4 is 16.2 Å². The average Bonchev–Trinajstić information content (AvgIpc) is 3.15. The molecule has 11 nitrogen and oxygen atoms in total. The first-order chi connectivity index (χ1) is 24.9. The Bertz CT molecular complexity index is 1820. The molecule has 4 heterocycles. The van der Waals surface area contributed by atoms with Crippen LogP contribution in [0.4, 0.5) is 4.79 Å². The van der Waals surface area contributed by atoms with Crippen LogP contribution in [0.2, 0.25) is 0 Å². The zero-order chi connectivity index (χ0) is 35.6. The lowest BCUT2D eigenvalue weighted by Gasteiger charge is -2.43. The number of piperidine rings is 3. The van der Waals surface area contributed by atoms with Gasteiger partial charge in [-0.25, -0.2) is 9.59 Å². The van der Waals surface area contributed by atoms with Crippen molar-refractivity contribution in [3.05, 3.63) is 111 Å². The number of amides is 1. The van der Waals surface area contributed by atoms with Crippen molar-refractivity contribution < 1.29 is 29.3 Å². The average molecular weight is 697 g/mol. The number of ether oxygens (including phenoxy) is 2. The second-order valence-corrected chi connectivity index (χ2v) is 13.6. The predicted octanol–water partition coefficient (Wildman–Crippen LogP) is 5.57. The molecule has 5 N–H and O–H groups in total. The molecule has 1 amide bonds. The Kier molecular flexibility index (Phi) is 12.4. The molecule has 3 aliphatic heterocycles. The smallest absolute Gasteiger partial charge is 0.408 e. The second kappa shape index (κ2) is 17.5. The molecule has 11 heteroatoms. The molecule has 0 radical (unpaired) electrons. The molecule has 270 valence electrons. The number of carbonyl (C=O) groups is 2. The van der Waals surface area contributed by atoms with E-state index in [1.54, 1.807) is 24.3 Å². The van der Waals surface area contributed by atoms with Crippen LogP contribution in [-0.2, 0) is 9.47 Å². The number of aromatic nitrogens is 1. The maximum atomic E-state index is 13.1. The number of aliphatic hydroxyl groups excluding tert-OH is 1. The Hall–Kier alpha value is -4.71. The number of aromatic hydroxyl groups is 1. The molecule has 3 fully saturated rings. The number of aliphatic hydroxyl groups is 1. The number of H-pyrrole nitrogens is 1. The van der Waals surface area contributed by atoms with Crippen molar-refractivity contribution in [2.75, 3.05) is 39.3 Å². The van der Waals surface area contributed by atoms with Crippen molar-refractivity contribution in [1.29, 1.82) is 0 Å². The zero-order valence-electron chi connectivity index (χ0n) is 28.9. The minimum atomic E-state index is -0.786. The van der Waals surface area contributed by atoms with Crippen LogP contribution in [0.15, 0.2) is 83.7 Å². The molecule has 0 aliphatic carbocycles. The molecule has 0 spiro atoms. The fourth-order valence-electron chi connectivity index (χ4n) is 7.21. The van der Waals surface area contributed by atoms with Gasteiger partial charge in [-0.05, 0) is 92.2 Å². The number of pyridine rings is 1. The number of fused-ring (bicyclic) bond motifs is 4. The van der Waals surface area contributed by atoms with E-state index in [4.69, 9.17) is 9.47 Å². The minimum Gasteiger partial charge on any atom is -0.506 e. The van der Waals surface area contributed by atoms with Crippen LogP contribution in [0, 0.1) is 5.92 Å². The van der Waals surface area contributed by atoms with Gasteiger partial charge in [0, 0.05) is 24.5 Å². The fraction of sp³-hybridized carbons (Fsp3) is 0.425. The number of alkyl carbamates (subject to hydrolysis) is 1. The Morgan fingerprint density at radius 3 is 2.45 bits per heavy atom. The number of aromatic amines is 1. The molecule has 3 aromatic carbocycles. The lowest BCUT2D eigenvalue weighted by Crippen LogP contribution is -2.52. The quantitative estimate of drug-likeness (QED) is 0.0747. The van der Waals surface area contributed by atoms with Crippen molar-refractivity contribution >= 4 is 23.0 Å². The van der Waals surface area contributed by atoms with Gasteiger partial charge in [0.25, 0.3) is 0 Å². The van der Waals surface area contributed by atoms with Crippen LogP contribution in [0.3, 0.4) is 0 Å². The molecule has 1 aromatic heterocycles. The van der Waals surface area contributed by atoms with Crippen LogP contribution in [0.25, 0.3) is 10.9 Å². The highest BCUT2D eigenvalue weighted by Crippen LogP contribution is 2.31. The van der Waals surface area contributed by atoms with Gasteiger partial charge in [0.2, 0.25) is 5.56 Å². The van der Waals surface area contributed by atoms with Crippen LogP contribution in [0.5, 0.6) is 5.75 Å². The summed E-state index contributed by atoms with van der Waals surface area (Å²) in [7, 11) is 0. The first-order valence-corrected chi connectivity index (χ1v) is 18.1. The second-order valence-electron chi connectivity index (χ2n) is 13.6. The Labute approximate surface area is 298 Å². The van der Waals surface area contributed by atoms with Gasteiger partial charge in [-0.2, -0.15) is 0 Å². The van der Waals surface area contributed by atoms with Crippen molar-refractivity contribution in [3.8, 4) is 5.75 Å². The number of nitrogens with zero attached hydrogens (tertiary/aromatic N) is 1. The van der Waals surface area contributed by atoms with Gasteiger partial charge in [-0.3, -0.25) is 9.69 Å². The maximum Gasteiger partial charge on any atom is 0.408 e. The highest BCUT2D eigenvalue weighted by Gasteiger charge is 2.37. The topological polar surface area (TPSA) is 153 Å². The number of rotatable bonds is 16. The summed E-state index contributed by atoms with van der Waals surface area (Å²) in [5.41, 5.74) is 2.75. The fourth-order valence-corrected chi connectivity index (χ4v) is 7.21. The number of benzene rings is 3. The van der Waals surface area contributed by atoms with Crippen molar-refractivity contribution in [2.24, 2.45) is 5.92 Å². The van der Waals surface area contributed by atoms with E-state index in [2.05, 4.69) is 20.5 Å². The first-order valence-electron chi connectivity index (χ1n) is 18.1. The molecule has 2 bridgehead atoms. The highest BCUT2D eigenvalue weighted by molar-refractivity contribution is 5.89. The predicted molar refractivity (Wildman–Crippen MR) is 195 cm³/mol. The van der Waals surface area contributed by atoms with Gasteiger partial charge < -0.3 is 35.3 Å². The maximum absolute atomic E-state index is 13.1. The van der Waals surface area contributed by atoms with Gasteiger partial charge >= 0.3 is 12.1 Å². The number of phenolic OH excluding ortho intramolecular Hbond substituents is 1. The number of carbonyl (C=O) groups excluding carboxylic acids is 2. The summed E-state index contributed by atoms with van der Waals surface area (Å²) in [6.07, 6.45) is 5.39. The molecule has 4 aromatic rings. The summed E-state index contributed by atoms with van der Waals surface area (Å²) < 4.78 is 11.5. The summed E-state index contributed by atoms with van der Waals surface area (Å²) in [6, 6.07) is 22.6. The van der Waals surface area contributed by atoms with Gasteiger partial charge in [0.1, 0.15) is 11.9 Å². The lowest BCUT2D eigenvalue weighted by molar-refractivity contribution is -0.0336. The van der Waals surface area contributed by atoms with E-state index < -0.39 is 24.2 Å². The Balaban J connectivity index is 0.904. The van der Waals surface area contributed by atoms with E-state index in [-0.39, 0.29) is 17.4 Å². The number of unbranched alkanes of at least 4 members (excludes halogenated alkanes) is 4. The van der Waals surface area contributed by atoms with Crippen LogP contribution >= 0.6 is 0 Å². The molecule has 1 unspecified atom stereocenters. The van der Waals surface area contributed by atoms with E-state index in [1.165, 1.54) is 12.1 Å². The molecule has 3 saturated heterocycles. The molecule has 3 atom stereocenters. The summed E-state index contributed by atoms with van der Waals surface area (Å²) in [5, 5.41) is 27.7. The Morgan fingerprint density at radius 2 is 1.67 bits per heavy atom. The third kappa shape index (κ3) is 9.55. The van der Waals surface area contributed by atoms with Gasteiger partial charge in [0.05, 0.1) is 29.8 Å². The third-order valence-corrected chi connectivity index (χ3v) is 10.0. The van der Waals surface area contributed by atoms with Gasteiger partial charge in [-0.1, -0.05) is 67.8 Å². The first kappa shape index (κ1) is 36.1. The SMILES string of the molecule is O=C(NC(c1ccccc1)c1cccc(C(=O)OCCCCCCCNC[C@@H](O)c2ccc(O)c3[nH]c(=O)ccc23)c1)O[C@H]1CN2CCC1CC2. The van der Waals surface area contributed by atoms with E-state index in [1.807, 2.05) is 42.5 Å². The summed E-state index contributed by atoms with van der Waals surface area (Å²) >= 11 is 0. The minimum absolute atomic E-state index is 0.0322. The monoisotopic (exact) mass is 696 g/mol. The Morgan fingerprint density at radius 1 is 0.902 bits per heavy atom. The molecule has 51 heavy (non-hydrogen) atoms. The third-order valence-electron chi connectivity index (χ3n) is 10.0. The molecule has 7 rings (SSSR count). The summed E-state index contributed by atoms with van der Waals surface area (Å²) in [4.78, 5) is 42.7. The van der Waals surface area contributed by atoms with E-state index in [0.717, 1.165) is 82.3 Å². The summed E-state index contributed by atoms with van der Waals surface area (Å²) in [6.45, 7) is 4.34. The van der Waals surface area contributed by atoms with Crippen LogP contribution in [0.1, 0.15) is 84.1 Å². The molecular formula is C40H48N4O7. The van der Waals surface area contributed by atoms with Crippen molar-refractivity contribution in [3.63, 3.8) is 0 Å².